The van der Waals surface area contributed by atoms with E-state index >= 15 is 0 Å². The van der Waals surface area contributed by atoms with Gasteiger partial charge in [0.1, 0.15) is 5.75 Å². The van der Waals surface area contributed by atoms with Crippen molar-refractivity contribution in [3.05, 3.63) is 57.2 Å². The molecule has 2 rings (SSSR count). The van der Waals surface area contributed by atoms with Crippen molar-refractivity contribution in [2.45, 2.75) is 13.8 Å². The Bertz CT molecular complexity index is 663. The second-order valence-electron chi connectivity index (χ2n) is 4.48. The number of rotatable bonds is 5. The minimum Gasteiger partial charge on any atom is -0.493 e. The van der Waals surface area contributed by atoms with Crippen LogP contribution in [0.3, 0.4) is 0 Å². The number of hydrogen-bond donors (Lipinski definition) is 0. The first-order valence-electron chi connectivity index (χ1n) is 6.67. The quantitative estimate of drug-likeness (QED) is 0.422. The average molecular weight is 393 g/mol. The maximum Gasteiger partial charge on any atom is 0.159 e. The van der Waals surface area contributed by atoms with Crippen molar-refractivity contribution in [1.29, 1.82) is 0 Å². The van der Waals surface area contributed by atoms with Crippen molar-refractivity contribution in [2.24, 2.45) is 4.99 Å². The smallest absolute Gasteiger partial charge is 0.159 e. The van der Waals surface area contributed by atoms with Crippen LogP contribution >= 0.6 is 22.6 Å². The van der Waals surface area contributed by atoms with Crippen molar-refractivity contribution in [3.63, 3.8) is 0 Å². The summed E-state index contributed by atoms with van der Waals surface area (Å²) in [5, 5.41) is 0. The lowest BCUT2D eigenvalue weighted by atomic mass is 10.1. The van der Waals surface area contributed by atoms with Crippen LogP contribution in [0.2, 0.25) is 0 Å². The van der Waals surface area contributed by atoms with E-state index in [2.05, 4.69) is 27.6 Å². The first kappa shape index (κ1) is 15.7. The fourth-order valence-electron chi connectivity index (χ4n) is 1.80. The predicted octanol–water partition coefficient (Wildman–Crippen LogP) is 4.64. The molecule has 0 saturated carbocycles. The number of nitrogens with zero attached hydrogens (tertiary/aromatic N) is 1. The van der Waals surface area contributed by atoms with Crippen LogP contribution in [0.5, 0.6) is 5.75 Å². The summed E-state index contributed by atoms with van der Waals surface area (Å²) in [5.41, 5.74) is 2.53. The summed E-state index contributed by atoms with van der Waals surface area (Å²) in [6.07, 6.45) is 1.81. The Labute approximate surface area is 138 Å². The second kappa shape index (κ2) is 7.36. The Morgan fingerprint density at radius 3 is 2.52 bits per heavy atom. The highest BCUT2D eigenvalue weighted by Crippen LogP contribution is 2.22. The van der Waals surface area contributed by atoms with E-state index in [-0.39, 0.29) is 5.78 Å². The highest BCUT2D eigenvalue weighted by atomic mass is 127. The molecule has 0 aromatic heterocycles. The van der Waals surface area contributed by atoms with Crippen molar-refractivity contribution >= 4 is 40.3 Å². The number of hydrogen-bond acceptors (Lipinski definition) is 3. The zero-order valence-electron chi connectivity index (χ0n) is 12.0. The number of ketones is 1. The minimum atomic E-state index is 0.0617. The number of benzene rings is 2. The molecule has 21 heavy (non-hydrogen) atoms. The lowest BCUT2D eigenvalue weighted by Crippen LogP contribution is -1.94. The molecule has 0 N–H and O–H groups in total. The highest BCUT2D eigenvalue weighted by molar-refractivity contribution is 14.1. The van der Waals surface area contributed by atoms with Crippen molar-refractivity contribution < 1.29 is 9.53 Å². The SMILES string of the molecule is CCOc1ccc(C=Nc2ccc(C(C)=O)cc2)cc1I. The van der Waals surface area contributed by atoms with Crippen LogP contribution in [0.25, 0.3) is 0 Å². The number of halogens is 1. The minimum absolute atomic E-state index is 0.0617. The van der Waals surface area contributed by atoms with Gasteiger partial charge >= 0.3 is 0 Å². The number of ether oxygens (including phenoxy) is 1. The van der Waals surface area contributed by atoms with Crippen molar-refractivity contribution in [1.82, 2.24) is 0 Å². The highest BCUT2D eigenvalue weighted by Gasteiger charge is 2.01. The van der Waals surface area contributed by atoms with E-state index in [1.54, 1.807) is 25.3 Å². The number of carbonyl (C=O) groups is 1. The van der Waals surface area contributed by atoms with Crippen molar-refractivity contribution in [3.8, 4) is 5.75 Å². The molecule has 0 fully saturated rings. The van der Waals surface area contributed by atoms with Gasteiger partial charge in [-0.25, -0.2) is 0 Å². The Morgan fingerprint density at radius 1 is 1.24 bits per heavy atom. The van der Waals surface area contributed by atoms with Gasteiger partial charge < -0.3 is 4.74 Å². The van der Waals surface area contributed by atoms with Crippen LogP contribution in [0.15, 0.2) is 47.5 Å². The summed E-state index contributed by atoms with van der Waals surface area (Å²) in [7, 11) is 0. The molecule has 0 atom stereocenters. The van der Waals surface area contributed by atoms with Crippen molar-refractivity contribution in [2.75, 3.05) is 6.61 Å². The predicted molar refractivity (Wildman–Crippen MR) is 94.0 cm³/mol. The summed E-state index contributed by atoms with van der Waals surface area (Å²) in [4.78, 5) is 15.6. The van der Waals surface area contributed by atoms with Crippen LogP contribution in [0.1, 0.15) is 29.8 Å². The van der Waals surface area contributed by atoms with E-state index in [4.69, 9.17) is 4.74 Å². The maximum atomic E-state index is 11.2. The van der Waals surface area contributed by atoms with Gasteiger partial charge in [-0.15, -0.1) is 0 Å². The summed E-state index contributed by atoms with van der Waals surface area (Å²) >= 11 is 2.25. The van der Waals surface area contributed by atoms with Gasteiger partial charge in [0.2, 0.25) is 0 Å². The Balaban J connectivity index is 2.13. The summed E-state index contributed by atoms with van der Waals surface area (Å²) in [5.74, 6) is 0.952. The van der Waals surface area contributed by atoms with Crippen LogP contribution in [-0.2, 0) is 0 Å². The van der Waals surface area contributed by atoms with Gasteiger partial charge in [0.05, 0.1) is 15.9 Å². The largest absolute Gasteiger partial charge is 0.493 e. The third-order valence-electron chi connectivity index (χ3n) is 2.89. The first-order valence-corrected chi connectivity index (χ1v) is 7.75. The molecular weight excluding hydrogens is 377 g/mol. The van der Waals surface area contributed by atoms with Gasteiger partial charge in [0.15, 0.2) is 5.78 Å². The third-order valence-corrected chi connectivity index (χ3v) is 3.74. The molecule has 0 bridgehead atoms. The van der Waals surface area contributed by atoms with Crippen LogP contribution in [0.4, 0.5) is 5.69 Å². The number of carbonyl (C=O) groups excluding carboxylic acids is 1. The Hall–Kier alpha value is -1.69. The molecule has 0 heterocycles. The van der Waals surface area contributed by atoms with E-state index in [0.29, 0.717) is 12.2 Å². The molecule has 108 valence electrons. The molecule has 4 heteroatoms. The van der Waals surface area contributed by atoms with E-state index in [9.17, 15) is 4.79 Å². The van der Waals surface area contributed by atoms with E-state index in [0.717, 1.165) is 20.6 Å². The topological polar surface area (TPSA) is 38.7 Å². The molecular formula is C17H16INO2. The Morgan fingerprint density at radius 2 is 1.95 bits per heavy atom. The molecule has 0 aliphatic rings. The lowest BCUT2D eigenvalue weighted by molar-refractivity contribution is 0.101. The summed E-state index contributed by atoms with van der Waals surface area (Å²) in [6.45, 7) is 4.18. The molecule has 2 aromatic carbocycles. The standard InChI is InChI=1S/C17H16INO2/c1-3-21-17-9-4-13(10-16(17)18)11-19-15-7-5-14(6-8-15)12(2)20/h4-11H,3H2,1-2H3. The van der Waals surface area contributed by atoms with E-state index in [1.807, 2.05) is 37.3 Å². The van der Waals surface area contributed by atoms with Gasteiger partial charge in [-0.1, -0.05) is 0 Å². The van der Waals surface area contributed by atoms with Gasteiger partial charge in [0.25, 0.3) is 0 Å². The molecule has 0 spiro atoms. The molecule has 2 aromatic rings. The maximum absolute atomic E-state index is 11.2. The number of aliphatic imine (C=N–C) groups is 1. The van der Waals surface area contributed by atoms with Crippen LogP contribution in [-0.4, -0.2) is 18.6 Å². The zero-order chi connectivity index (χ0) is 15.2. The van der Waals surface area contributed by atoms with Gasteiger partial charge in [-0.05, 0) is 84.5 Å². The van der Waals surface area contributed by atoms with Crippen LogP contribution in [0, 0.1) is 3.57 Å². The van der Waals surface area contributed by atoms with Gasteiger partial charge in [-0.2, -0.15) is 0 Å². The first-order chi connectivity index (χ1) is 10.1. The second-order valence-corrected chi connectivity index (χ2v) is 5.65. The molecule has 0 radical (unpaired) electrons. The molecule has 3 nitrogen and oxygen atoms in total. The number of Topliss-reactive ketones (excluding diaryl/α,β-unsaturated/α-hetero) is 1. The Kier molecular flexibility index (Phi) is 5.50. The van der Waals surface area contributed by atoms with Gasteiger partial charge in [-0.3, -0.25) is 9.79 Å². The zero-order valence-corrected chi connectivity index (χ0v) is 14.1. The van der Waals surface area contributed by atoms with Crippen LogP contribution < -0.4 is 4.74 Å². The molecule has 0 unspecified atom stereocenters. The monoisotopic (exact) mass is 393 g/mol. The fraction of sp³-hybridized carbons (Fsp3) is 0.176. The molecule has 0 aliphatic carbocycles. The normalized spacial score (nSPS) is 10.8. The van der Waals surface area contributed by atoms with E-state index < -0.39 is 0 Å². The third kappa shape index (κ3) is 4.39. The summed E-state index contributed by atoms with van der Waals surface area (Å²) < 4.78 is 6.57. The fourth-order valence-corrected chi connectivity index (χ4v) is 2.50. The van der Waals surface area contributed by atoms with Gasteiger partial charge in [0, 0.05) is 11.8 Å². The average Bonchev–Trinajstić information content (AvgIpc) is 2.48. The lowest BCUT2D eigenvalue weighted by Gasteiger charge is -2.05. The van der Waals surface area contributed by atoms with E-state index in [1.165, 1.54) is 0 Å². The molecule has 0 aliphatic heterocycles. The summed E-state index contributed by atoms with van der Waals surface area (Å²) in [6, 6.07) is 13.2. The molecule has 0 saturated heterocycles. The molecule has 0 amide bonds.